The van der Waals surface area contributed by atoms with Crippen LogP contribution < -0.4 is 4.90 Å². The van der Waals surface area contributed by atoms with Gasteiger partial charge in [0.2, 0.25) is 11.9 Å². The van der Waals surface area contributed by atoms with Crippen molar-refractivity contribution in [3.05, 3.63) is 53.9 Å². The summed E-state index contributed by atoms with van der Waals surface area (Å²) in [5, 5.41) is 0. The largest absolute Gasteiger partial charge is 0.416 e. The fourth-order valence-electron chi connectivity index (χ4n) is 3.24. The average molecular weight is 407 g/mol. The summed E-state index contributed by atoms with van der Waals surface area (Å²) in [6.45, 7) is 3.67. The van der Waals surface area contributed by atoms with Crippen molar-refractivity contribution >= 4 is 11.9 Å². The van der Waals surface area contributed by atoms with E-state index >= 15 is 0 Å². The molecule has 29 heavy (non-hydrogen) atoms. The van der Waals surface area contributed by atoms with E-state index in [1.165, 1.54) is 12.1 Å². The molecule has 1 amide bonds. The number of carbonyl (C=O) groups excluding carboxylic acids is 1. The topological polar surface area (TPSA) is 52.6 Å². The first-order valence-corrected chi connectivity index (χ1v) is 9.47. The van der Waals surface area contributed by atoms with E-state index in [9.17, 15) is 18.0 Å². The van der Waals surface area contributed by atoms with Gasteiger partial charge in [0.15, 0.2) is 0 Å². The molecule has 1 aromatic heterocycles. The highest BCUT2D eigenvalue weighted by molar-refractivity contribution is 5.76. The molecule has 0 spiro atoms. The Morgan fingerprint density at radius 1 is 1.07 bits per heavy atom. The SMILES string of the molecule is CN(CCC(=O)N1CCN(c2ncccn2)CC1)Cc1ccc(C(F)(F)F)cc1. The summed E-state index contributed by atoms with van der Waals surface area (Å²) in [6.07, 6.45) is -0.550. The lowest BCUT2D eigenvalue weighted by molar-refractivity contribution is -0.137. The van der Waals surface area contributed by atoms with E-state index in [1.807, 2.05) is 16.8 Å². The Kier molecular flexibility index (Phi) is 6.68. The number of nitrogens with zero attached hydrogens (tertiary/aromatic N) is 5. The predicted octanol–water partition coefficient (Wildman–Crippen LogP) is 2.67. The Morgan fingerprint density at radius 2 is 1.69 bits per heavy atom. The summed E-state index contributed by atoms with van der Waals surface area (Å²) in [6, 6.07) is 6.90. The second-order valence-corrected chi connectivity index (χ2v) is 7.10. The number of carbonyl (C=O) groups is 1. The Labute approximate surface area is 168 Å². The molecule has 1 aliphatic rings. The van der Waals surface area contributed by atoms with E-state index in [0.29, 0.717) is 51.6 Å². The molecule has 6 nitrogen and oxygen atoms in total. The van der Waals surface area contributed by atoms with Crippen molar-refractivity contribution in [3.8, 4) is 0 Å². The summed E-state index contributed by atoms with van der Waals surface area (Å²) < 4.78 is 37.9. The smallest absolute Gasteiger partial charge is 0.339 e. The van der Waals surface area contributed by atoms with Gasteiger partial charge in [0.05, 0.1) is 5.56 Å². The molecule has 0 saturated carbocycles. The number of aromatic nitrogens is 2. The maximum absolute atomic E-state index is 12.6. The molecule has 2 heterocycles. The number of hydrogen-bond acceptors (Lipinski definition) is 5. The number of amides is 1. The van der Waals surface area contributed by atoms with E-state index in [0.717, 1.165) is 17.7 Å². The number of benzene rings is 1. The van der Waals surface area contributed by atoms with Crippen LogP contribution in [-0.4, -0.2) is 65.4 Å². The summed E-state index contributed by atoms with van der Waals surface area (Å²) in [4.78, 5) is 26.8. The van der Waals surface area contributed by atoms with Crippen LogP contribution in [-0.2, 0) is 17.5 Å². The third-order valence-corrected chi connectivity index (χ3v) is 4.91. The van der Waals surface area contributed by atoms with Gasteiger partial charge in [-0.25, -0.2) is 9.97 Å². The number of anilines is 1. The molecule has 3 rings (SSSR count). The van der Waals surface area contributed by atoms with Gasteiger partial charge in [-0.15, -0.1) is 0 Å². The van der Waals surface area contributed by atoms with Gasteiger partial charge in [-0.1, -0.05) is 12.1 Å². The van der Waals surface area contributed by atoms with Gasteiger partial charge in [0, 0.05) is 58.1 Å². The lowest BCUT2D eigenvalue weighted by Crippen LogP contribution is -2.49. The third-order valence-electron chi connectivity index (χ3n) is 4.91. The van der Waals surface area contributed by atoms with Crippen LogP contribution in [0.1, 0.15) is 17.5 Å². The first kappa shape index (κ1) is 21.0. The van der Waals surface area contributed by atoms with Gasteiger partial charge in [0.25, 0.3) is 0 Å². The highest BCUT2D eigenvalue weighted by atomic mass is 19.4. The first-order chi connectivity index (χ1) is 13.8. The van der Waals surface area contributed by atoms with E-state index in [2.05, 4.69) is 14.9 Å². The molecule has 0 N–H and O–H groups in total. The van der Waals surface area contributed by atoms with Crippen LogP contribution in [0.3, 0.4) is 0 Å². The second kappa shape index (κ2) is 9.21. The molecule has 0 atom stereocenters. The zero-order valence-electron chi connectivity index (χ0n) is 16.3. The van der Waals surface area contributed by atoms with Crippen LogP contribution in [0.25, 0.3) is 0 Å². The fourth-order valence-corrected chi connectivity index (χ4v) is 3.24. The van der Waals surface area contributed by atoms with Crippen molar-refractivity contribution < 1.29 is 18.0 Å². The van der Waals surface area contributed by atoms with Crippen LogP contribution in [0.2, 0.25) is 0 Å². The standard InChI is InChI=1S/C20H24F3N5O/c1-26(15-16-3-5-17(6-4-16)20(21,22)23)10-7-18(29)27-11-13-28(14-12-27)19-24-8-2-9-25-19/h2-6,8-9H,7,10-15H2,1H3. The van der Waals surface area contributed by atoms with Crippen LogP contribution in [0, 0.1) is 0 Å². The minimum Gasteiger partial charge on any atom is -0.339 e. The maximum Gasteiger partial charge on any atom is 0.416 e. The van der Waals surface area contributed by atoms with Crippen LogP contribution in [0.5, 0.6) is 0 Å². The van der Waals surface area contributed by atoms with E-state index < -0.39 is 11.7 Å². The molecule has 9 heteroatoms. The molecule has 1 saturated heterocycles. The van der Waals surface area contributed by atoms with Gasteiger partial charge in [-0.2, -0.15) is 13.2 Å². The van der Waals surface area contributed by atoms with Crippen molar-refractivity contribution in [2.45, 2.75) is 19.1 Å². The highest BCUT2D eigenvalue weighted by Crippen LogP contribution is 2.29. The molecule has 0 unspecified atom stereocenters. The molecule has 0 radical (unpaired) electrons. The number of piperazine rings is 1. The predicted molar refractivity (Wildman–Crippen MR) is 103 cm³/mol. The zero-order valence-corrected chi connectivity index (χ0v) is 16.3. The summed E-state index contributed by atoms with van der Waals surface area (Å²) in [5.41, 5.74) is 0.128. The van der Waals surface area contributed by atoms with Gasteiger partial charge >= 0.3 is 6.18 Å². The summed E-state index contributed by atoms with van der Waals surface area (Å²) in [5.74, 6) is 0.758. The molecule has 0 bridgehead atoms. The summed E-state index contributed by atoms with van der Waals surface area (Å²) in [7, 11) is 1.86. The molecular weight excluding hydrogens is 383 g/mol. The Morgan fingerprint density at radius 3 is 2.28 bits per heavy atom. The van der Waals surface area contributed by atoms with Crippen molar-refractivity contribution in [2.24, 2.45) is 0 Å². The monoisotopic (exact) mass is 407 g/mol. The van der Waals surface area contributed by atoms with Crippen LogP contribution >= 0.6 is 0 Å². The lowest BCUT2D eigenvalue weighted by Gasteiger charge is -2.35. The van der Waals surface area contributed by atoms with Gasteiger partial charge in [-0.05, 0) is 30.8 Å². The van der Waals surface area contributed by atoms with E-state index in [4.69, 9.17) is 0 Å². The first-order valence-electron chi connectivity index (χ1n) is 9.47. The van der Waals surface area contributed by atoms with Crippen molar-refractivity contribution in [1.82, 2.24) is 19.8 Å². The second-order valence-electron chi connectivity index (χ2n) is 7.10. The molecular formula is C20H24F3N5O. The quantitative estimate of drug-likeness (QED) is 0.737. The normalized spacial score (nSPS) is 15.1. The van der Waals surface area contributed by atoms with Crippen molar-refractivity contribution in [2.75, 3.05) is 44.7 Å². The van der Waals surface area contributed by atoms with Gasteiger partial charge in [0.1, 0.15) is 0 Å². The Bertz CT molecular complexity index is 790. The Hall–Kier alpha value is -2.68. The minimum atomic E-state index is -4.33. The van der Waals surface area contributed by atoms with E-state index in [1.54, 1.807) is 18.5 Å². The van der Waals surface area contributed by atoms with Crippen molar-refractivity contribution in [1.29, 1.82) is 0 Å². The molecule has 156 valence electrons. The number of hydrogen-bond donors (Lipinski definition) is 0. The summed E-state index contributed by atoms with van der Waals surface area (Å²) >= 11 is 0. The number of alkyl halides is 3. The molecule has 2 aromatic rings. The molecule has 1 aromatic carbocycles. The maximum atomic E-state index is 12.6. The average Bonchev–Trinajstić information content (AvgIpc) is 2.72. The number of halogens is 3. The fraction of sp³-hybridized carbons (Fsp3) is 0.450. The highest BCUT2D eigenvalue weighted by Gasteiger charge is 2.30. The molecule has 0 aliphatic carbocycles. The molecule has 1 aliphatic heterocycles. The van der Waals surface area contributed by atoms with E-state index in [-0.39, 0.29) is 5.91 Å². The van der Waals surface area contributed by atoms with Crippen LogP contribution in [0.15, 0.2) is 42.7 Å². The van der Waals surface area contributed by atoms with Gasteiger partial charge in [-0.3, -0.25) is 4.79 Å². The zero-order chi connectivity index (χ0) is 20.9. The van der Waals surface area contributed by atoms with Gasteiger partial charge < -0.3 is 14.7 Å². The lowest BCUT2D eigenvalue weighted by atomic mass is 10.1. The third kappa shape index (κ3) is 5.90. The van der Waals surface area contributed by atoms with Crippen LogP contribution in [0.4, 0.5) is 19.1 Å². The Balaban J connectivity index is 1.41. The number of rotatable bonds is 6. The molecule has 1 fully saturated rings. The minimum absolute atomic E-state index is 0.0814. The van der Waals surface area contributed by atoms with Crippen molar-refractivity contribution in [3.63, 3.8) is 0 Å².